The molecular weight excluding hydrogens is 402 g/mol. The van der Waals surface area contributed by atoms with Crippen molar-refractivity contribution in [2.75, 3.05) is 19.5 Å². The van der Waals surface area contributed by atoms with E-state index in [1.165, 1.54) is 25.6 Å². The summed E-state index contributed by atoms with van der Waals surface area (Å²) >= 11 is 1.37. The summed E-state index contributed by atoms with van der Waals surface area (Å²) < 4.78 is 16.5. The SMILES string of the molecule is COc1ccc(OC)c(C(=O)c2oc3cc(NC(=O)c4cccs4)ccc3c2C)c1. The van der Waals surface area contributed by atoms with Crippen LogP contribution in [-0.4, -0.2) is 25.9 Å². The first-order valence-electron chi connectivity index (χ1n) is 9.16. The number of rotatable bonds is 6. The molecule has 6 nitrogen and oxygen atoms in total. The molecule has 0 atom stereocenters. The standard InChI is InChI=1S/C23H19NO5S/c1-13-16-8-6-14(24-23(26)20-5-4-10-30-20)11-19(16)29-22(13)21(25)17-12-15(27-2)7-9-18(17)28-3/h4-12H,1-3H3,(H,24,26). The average Bonchev–Trinajstić information content (AvgIpc) is 3.41. The second-order valence-corrected chi connectivity index (χ2v) is 7.54. The number of carbonyl (C=O) groups excluding carboxylic acids is 2. The Hall–Kier alpha value is -3.58. The van der Waals surface area contributed by atoms with Crippen LogP contribution in [0.15, 0.2) is 58.3 Å². The summed E-state index contributed by atoms with van der Waals surface area (Å²) in [5, 5.41) is 5.50. The van der Waals surface area contributed by atoms with Crippen LogP contribution in [0, 0.1) is 6.92 Å². The van der Waals surface area contributed by atoms with Gasteiger partial charge in [0, 0.05) is 22.7 Å². The predicted molar refractivity (Wildman–Crippen MR) is 116 cm³/mol. The van der Waals surface area contributed by atoms with Crippen molar-refractivity contribution in [1.29, 1.82) is 0 Å². The lowest BCUT2D eigenvalue weighted by Gasteiger charge is -2.08. The molecule has 0 radical (unpaired) electrons. The molecule has 0 aliphatic rings. The quantitative estimate of drug-likeness (QED) is 0.427. The molecule has 4 rings (SSSR count). The molecule has 0 saturated carbocycles. The molecular formula is C23H19NO5S. The van der Waals surface area contributed by atoms with Gasteiger partial charge in [0.2, 0.25) is 5.78 Å². The molecule has 0 unspecified atom stereocenters. The van der Waals surface area contributed by atoms with Gasteiger partial charge in [-0.05, 0) is 48.7 Å². The Kier molecular flexibility index (Phi) is 5.29. The topological polar surface area (TPSA) is 77.8 Å². The van der Waals surface area contributed by atoms with E-state index in [-0.39, 0.29) is 17.5 Å². The van der Waals surface area contributed by atoms with Gasteiger partial charge >= 0.3 is 0 Å². The van der Waals surface area contributed by atoms with E-state index < -0.39 is 0 Å². The van der Waals surface area contributed by atoms with E-state index in [0.29, 0.717) is 33.2 Å². The first kappa shape index (κ1) is 19.7. The number of anilines is 1. The molecule has 4 aromatic rings. The first-order chi connectivity index (χ1) is 14.5. The number of hydrogen-bond acceptors (Lipinski definition) is 6. The summed E-state index contributed by atoms with van der Waals surface area (Å²) in [6.07, 6.45) is 0. The van der Waals surface area contributed by atoms with E-state index in [4.69, 9.17) is 13.9 Å². The van der Waals surface area contributed by atoms with Crippen LogP contribution < -0.4 is 14.8 Å². The highest BCUT2D eigenvalue weighted by Crippen LogP contribution is 2.32. The summed E-state index contributed by atoms with van der Waals surface area (Å²) in [5.74, 6) is 0.711. The highest BCUT2D eigenvalue weighted by atomic mass is 32.1. The van der Waals surface area contributed by atoms with Crippen molar-refractivity contribution in [1.82, 2.24) is 0 Å². The number of fused-ring (bicyclic) bond motifs is 1. The van der Waals surface area contributed by atoms with Crippen molar-refractivity contribution >= 4 is 39.7 Å². The zero-order chi connectivity index (χ0) is 21.3. The molecule has 2 aromatic heterocycles. The number of ether oxygens (including phenoxy) is 2. The van der Waals surface area contributed by atoms with Crippen LogP contribution in [0.4, 0.5) is 5.69 Å². The predicted octanol–water partition coefficient (Wildman–Crippen LogP) is 5.30. The van der Waals surface area contributed by atoms with E-state index in [9.17, 15) is 9.59 Å². The smallest absolute Gasteiger partial charge is 0.265 e. The van der Waals surface area contributed by atoms with Crippen molar-refractivity contribution in [2.24, 2.45) is 0 Å². The molecule has 30 heavy (non-hydrogen) atoms. The zero-order valence-corrected chi connectivity index (χ0v) is 17.5. The maximum Gasteiger partial charge on any atom is 0.265 e. The Morgan fingerprint density at radius 2 is 1.87 bits per heavy atom. The molecule has 0 aliphatic carbocycles. The number of amides is 1. The monoisotopic (exact) mass is 421 g/mol. The molecule has 0 saturated heterocycles. The Balaban J connectivity index is 1.70. The molecule has 0 bridgehead atoms. The van der Waals surface area contributed by atoms with Gasteiger partial charge in [-0.2, -0.15) is 0 Å². The maximum atomic E-state index is 13.2. The van der Waals surface area contributed by atoms with Gasteiger partial charge in [0.25, 0.3) is 5.91 Å². The second kappa shape index (κ2) is 8.04. The summed E-state index contributed by atoms with van der Waals surface area (Å²) in [6.45, 7) is 1.83. The fraction of sp³-hybridized carbons (Fsp3) is 0.130. The van der Waals surface area contributed by atoms with Gasteiger partial charge < -0.3 is 19.2 Å². The Morgan fingerprint density at radius 3 is 2.57 bits per heavy atom. The Morgan fingerprint density at radius 1 is 1.03 bits per heavy atom. The average molecular weight is 421 g/mol. The Bertz CT molecular complexity index is 1240. The van der Waals surface area contributed by atoms with Gasteiger partial charge in [0.1, 0.15) is 17.1 Å². The molecule has 0 aliphatic heterocycles. The molecule has 0 fully saturated rings. The number of carbonyl (C=O) groups is 2. The largest absolute Gasteiger partial charge is 0.497 e. The molecule has 1 amide bonds. The highest BCUT2D eigenvalue weighted by molar-refractivity contribution is 7.12. The lowest BCUT2D eigenvalue weighted by Crippen LogP contribution is -2.09. The van der Waals surface area contributed by atoms with Crippen molar-refractivity contribution < 1.29 is 23.5 Å². The van der Waals surface area contributed by atoms with Crippen LogP contribution in [0.3, 0.4) is 0 Å². The number of furan rings is 1. The highest BCUT2D eigenvalue weighted by Gasteiger charge is 2.23. The van der Waals surface area contributed by atoms with E-state index in [0.717, 1.165) is 10.9 Å². The van der Waals surface area contributed by atoms with Gasteiger partial charge in [-0.25, -0.2) is 0 Å². The third-order valence-corrected chi connectivity index (χ3v) is 5.67. The fourth-order valence-corrected chi connectivity index (χ4v) is 3.85. The van der Waals surface area contributed by atoms with Crippen LogP contribution in [-0.2, 0) is 0 Å². The van der Waals surface area contributed by atoms with E-state index in [2.05, 4.69) is 5.32 Å². The molecule has 0 spiro atoms. The van der Waals surface area contributed by atoms with Crippen LogP contribution in [0.25, 0.3) is 11.0 Å². The molecule has 152 valence electrons. The summed E-state index contributed by atoms with van der Waals surface area (Å²) in [7, 11) is 3.04. The van der Waals surface area contributed by atoms with Crippen LogP contribution in [0.1, 0.15) is 31.4 Å². The molecule has 2 aromatic carbocycles. The number of nitrogens with one attached hydrogen (secondary N) is 1. The van der Waals surface area contributed by atoms with Crippen LogP contribution in [0.5, 0.6) is 11.5 Å². The second-order valence-electron chi connectivity index (χ2n) is 6.59. The number of benzene rings is 2. The van der Waals surface area contributed by atoms with Crippen LogP contribution >= 0.6 is 11.3 Å². The fourth-order valence-electron chi connectivity index (χ4n) is 3.23. The van der Waals surface area contributed by atoms with Crippen molar-refractivity contribution in [3.63, 3.8) is 0 Å². The summed E-state index contributed by atoms with van der Waals surface area (Å²) in [4.78, 5) is 26.1. The normalized spacial score (nSPS) is 10.8. The van der Waals surface area contributed by atoms with Gasteiger partial charge in [-0.1, -0.05) is 6.07 Å². The summed E-state index contributed by atoms with van der Waals surface area (Å²) in [5.41, 5.74) is 2.18. The van der Waals surface area contributed by atoms with E-state index in [1.54, 1.807) is 36.4 Å². The van der Waals surface area contributed by atoms with Crippen molar-refractivity contribution in [3.05, 3.63) is 75.7 Å². The third kappa shape index (κ3) is 3.55. The lowest BCUT2D eigenvalue weighted by atomic mass is 10.0. The van der Waals surface area contributed by atoms with E-state index >= 15 is 0 Å². The maximum absolute atomic E-state index is 13.2. The minimum absolute atomic E-state index is 0.190. The minimum Gasteiger partial charge on any atom is -0.497 e. The zero-order valence-electron chi connectivity index (χ0n) is 16.6. The van der Waals surface area contributed by atoms with Gasteiger partial charge in [0.15, 0.2) is 5.76 Å². The Labute approximate surface area is 177 Å². The van der Waals surface area contributed by atoms with Gasteiger partial charge in [0.05, 0.1) is 24.7 Å². The number of thiophene rings is 1. The number of aryl methyl sites for hydroxylation is 1. The van der Waals surface area contributed by atoms with Gasteiger partial charge in [-0.15, -0.1) is 11.3 Å². The van der Waals surface area contributed by atoms with Gasteiger partial charge in [-0.3, -0.25) is 9.59 Å². The molecule has 2 heterocycles. The van der Waals surface area contributed by atoms with Crippen molar-refractivity contribution in [2.45, 2.75) is 6.92 Å². The molecule has 7 heteroatoms. The van der Waals surface area contributed by atoms with Crippen LogP contribution in [0.2, 0.25) is 0 Å². The summed E-state index contributed by atoms with van der Waals surface area (Å²) in [6, 6.07) is 14.0. The first-order valence-corrected chi connectivity index (χ1v) is 10.0. The van der Waals surface area contributed by atoms with Crippen molar-refractivity contribution in [3.8, 4) is 11.5 Å². The number of hydrogen-bond donors (Lipinski definition) is 1. The van der Waals surface area contributed by atoms with E-state index in [1.807, 2.05) is 24.4 Å². The molecule has 1 N–H and O–H groups in total. The minimum atomic E-state index is -0.302. The third-order valence-electron chi connectivity index (χ3n) is 4.80. The number of methoxy groups -OCH3 is 2. The lowest BCUT2D eigenvalue weighted by molar-refractivity contribution is 0.100. The number of ketones is 1.